The molecule has 1 rings (SSSR count). The second-order valence-corrected chi connectivity index (χ2v) is 3.37. The Hall–Kier alpha value is -1.86. The smallest absolute Gasteiger partial charge is 0.273 e. The van der Waals surface area contributed by atoms with E-state index in [1.807, 2.05) is 0 Å². The number of carbonyl (C=O) groups is 1. The van der Waals surface area contributed by atoms with E-state index in [0.717, 1.165) is 0 Å². The van der Waals surface area contributed by atoms with Crippen LogP contribution in [0.1, 0.15) is 22.5 Å². The Bertz CT molecular complexity index is 430. The molecule has 1 N–H and O–H groups in total. The first kappa shape index (κ1) is 12.2. The van der Waals surface area contributed by atoms with Crippen molar-refractivity contribution < 1.29 is 9.90 Å². The molecule has 0 unspecified atom stereocenters. The first-order valence-corrected chi connectivity index (χ1v) is 4.93. The Morgan fingerprint density at radius 2 is 2.31 bits per heavy atom. The van der Waals surface area contributed by atoms with Gasteiger partial charge in [-0.25, -0.2) is 4.98 Å². The molecule has 0 bridgehead atoms. The molecule has 4 nitrogen and oxygen atoms in total. The van der Waals surface area contributed by atoms with Crippen LogP contribution in [0.4, 0.5) is 0 Å². The molecule has 1 aromatic heterocycles. The zero-order valence-electron chi connectivity index (χ0n) is 9.40. The Labute approximate surface area is 94.9 Å². The van der Waals surface area contributed by atoms with Gasteiger partial charge in [0.15, 0.2) is 0 Å². The minimum atomic E-state index is -0.172. The predicted molar refractivity (Wildman–Crippen MR) is 60.8 cm³/mol. The molecule has 1 aromatic rings. The molecule has 0 fully saturated rings. The van der Waals surface area contributed by atoms with Gasteiger partial charge in [-0.3, -0.25) is 4.79 Å². The lowest BCUT2D eigenvalue weighted by atomic mass is 10.2. The second kappa shape index (κ2) is 5.89. The topological polar surface area (TPSA) is 53.4 Å². The first-order valence-electron chi connectivity index (χ1n) is 4.93. The molecular weight excluding hydrogens is 204 g/mol. The van der Waals surface area contributed by atoms with E-state index in [9.17, 15) is 4.79 Å². The third-order valence-corrected chi connectivity index (χ3v) is 1.88. The van der Waals surface area contributed by atoms with Gasteiger partial charge in [-0.2, -0.15) is 0 Å². The van der Waals surface area contributed by atoms with Crippen LogP contribution in [-0.2, 0) is 0 Å². The van der Waals surface area contributed by atoms with Crippen molar-refractivity contribution in [1.29, 1.82) is 0 Å². The highest BCUT2D eigenvalue weighted by molar-refractivity contribution is 5.94. The number of pyridine rings is 1. The maximum absolute atomic E-state index is 11.7. The van der Waals surface area contributed by atoms with Crippen LogP contribution >= 0.6 is 0 Å². The summed E-state index contributed by atoms with van der Waals surface area (Å²) in [7, 11) is 3.34. The Morgan fingerprint density at radius 3 is 2.94 bits per heavy atom. The van der Waals surface area contributed by atoms with Crippen molar-refractivity contribution in [2.75, 3.05) is 20.7 Å². The van der Waals surface area contributed by atoms with Crippen LogP contribution in [0.3, 0.4) is 0 Å². The number of hydrogen-bond acceptors (Lipinski definition) is 3. The zero-order valence-corrected chi connectivity index (χ0v) is 9.40. The van der Waals surface area contributed by atoms with Crippen LogP contribution in [0.15, 0.2) is 18.3 Å². The highest BCUT2D eigenvalue weighted by atomic mass is 16.2. The van der Waals surface area contributed by atoms with Gasteiger partial charge in [0.2, 0.25) is 0 Å². The molecule has 0 aliphatic rings. The van der Waals surface area contributed by atoms with Crippen molar-refractivity contribution >= 4 is 5.91 Å². The first-order chi connectivity index (χ1) is 7.66. The average molecular weight is 218 g/mol. The Kier molecular flexibility index (Phi) is 4.49. The van der Waals surface area contributed by atoms with Crippen molar-refractivity contribution in [3.63, 3.8) is 0 Å². The fourth-order valence-corrected chi connectivity index (χ4v) is 1.10. The molecular formula is C12H14N2O2. The molecule has 0 saturated carbocycles. The fraction of sp³-hybridized carbons (Fsp3) is 0.333. The minimum Gasteiger partial charge on any atom is -0.395 e. The molecule has 0 radical (unpaired) electrons. The van der Waals surface area contributed by atoms with Gasteiger partial charge in [0.05, 0.1) is 12.2 Å². The molecule has 0 atom stereocenters. The van der Waals surface area contributed by atoms with E-state index in [1.54, 1.807) is 32.4 Å². The monoisotopic (exact) mass is 218 g/mol. The number of aliphatic hydroxyl groups excluding tert-OH is 1. The molecule has 0 aliphatic heterocycles. The fourth-order valence-electron chi connectivity index (χ4n) is 1.10. The molecule has 1 amide bonds. The van der Waals surface area contributed by atoms with Crippen LogP contribution in [0.5, 0.6) is 0 Å². The number of amides is 1. The SMILES string of the molecule is CN(C)C(=O)c1ncccc1C#CCCO. The van der Waals surface area contributed by atoms with E-state index in [1.165, 1.54) is 4.90 Å². The van der Waals surface area contributed by atoms with E-state index in [4.69, 9.17) is 5.11 Å². The lowest BCUT2D eigenvalue weighted by Crippen LogP contribution is -2.23. The summed E-state index contributed by atoms with van der Waals surface area (Å²) in [6.07, 6.45) is 1.96. The van der Waals surface area contributed by atoms with Crippen molar-refractivity contribution in [1.82, 2.24) is 9.88 Å². The lowest BCUT2D eigenvalue weighted by molar-refractivity contribution is 0.0821. The van der Waals surface area contributed by atoms with Gasteiger partial charge >= 0.3 is 0 Å². The van der Waals surface area contributed by atoms with E-state index >= 15 is 0 Å². The number of aliphatic hydroxyl groups is 1. The van der Waals surface area contributed by atoms with Crippen LogP contribution in [-0.4, -0.2) is 41.6 Å². The number of rotatable bonds is 2. The maximum Gasteiger partial charge on any atom is 0.273 e. The molecule has 0 aromatic carbocycles. The number of hydrogen-bond donors (Lipinski definition) is 1. The average Bonchev–Trinajstić information content (AvgIpc) is 2.29. The summed E-state index contributed by atoms with van der Waals surface area (Å²) in [6, 6.07) is 3.48. The van der Waals surface area contributed by atoms with Gasteiger partial charge in [0.1, 0.15) is 5.69 Å². The van der Waals surface area contributed by atoms with E-state index in [-0.39, 0.29) is 12.5 Å². The van der Waals surface area contributed by atoms with Crippen molar-refractivity contribution in [2.45, 2.75) is 6.42 Å². The molecule has 0 spiro atoms. The highest BCUT2D eigenvalue weighted by Crippen LogP contribution is 2.05. The summed E-state index contributed by atoms with van der Waals surface area (Å²) in [5, 5.41) is 8.62. The third kappa shape index (κ3) is 3.07. The molecule has 4 heteroatoms. The van der Waals surface area contributed by atoms with Crippen LogP contribution < -0.4 is 0 Å². The molecule has 16 heavy (non-hydrogen) atoms. The summed E-state index contributed by atoms with van der Waals surface area (Å²) in [5.74, 6) is 5.43. The van der Waals surface area contributed by atoms with Gasteiger partial charge < -0.3 is 10.0 Å². The van der Waals surface area contributed by atoms with E-state index in [0.29, 0.717) is 17.7 Å². The van der Waals surface area contributed by atoms with Crippen molar-refractivity contribution in [3.8, 4) is 11.8 Å². The molecule has 0 aliphatic carbocycles. The van der Waals surface area contributed by atoms with Crippen molar-refractivity contribution in [3.05, 3.63) is 29.6 Å². The summed E-state index contributed by atoms with van der Waals surface area (Å²) in [6.45, 7) is 0.0181. The minimum absolute atomic E-state index is 0.0181. The summed E-state index contributed by atoms with van der Waals surface area (Å²) in [5.41, 5.74) is 0.938. The normalized spacial score (nSPS) is 9.19. The van der Waals surface area contributed by atoms with E-state index in [2.05, 4.69) is 16.8 Å². The third-order valence-electron chi connectivity index (χ3n) is 1.88. The summed E-state index contributed by atoms with van der Waals surface area (Å²) < 4.78 is 0. The number of nitrogens with zero attached hydrogens (tertiary/aromatic N) is 2. The number of carbonyl (C=O) groups excluding carboxylic acids is 1. The van der Waals surface area contributed by atoms with Gasteiger partial charge in [-0.15, -0.1) is 0 Å². The molecule has 0 saturated heterocycles. The van der Waals surface area contributed by atoms with Gasteiger partial charge in [0.25, 0.3) is 5.91 Å². The molecule has 1 heterocycles. The summed E-state index contributed by atoms with van der Waals surface area (Å²) in [4.78, 5) is 17.2. The van der Waals surface area contributed by atoms with Crippen LogP contribution in [0, 0.1) is 11.8 Å². The molecule has 84 valence electrons. The maximum atomic E-state index is 11.7. The van der Waals surface area contributed by atoms with Gasteiger partial charge in [-0.05, 0) is 12.1 Å². The Morgan fingerprint density at radius 1 is 1.56 bits per heavy atom. The lowest BCUT2D eigenvalue weighted by Gasteiger charge is -2.10. The highest BCUT2D eigenvalue weighted by Gasteiger charge is 2.12. The van der Waals surface area contributed by atoms with Crippen molar-refractivity contribution in [2.24, 2.45) is 0 Å². The second-order valence-electron chi connectivity index (χ2n) is 3.37. The summed E-state index contributed by atoms with van der Waals surface area (Å²) >= 11 is 0. The van der Waals surface area contributed by atoms with Gasteiger partial charge in [0, 0.05) is 26.7 Å². The predicted octanol–water partition coefficient (Wildman–Crippen LogP) is 0.517. The largest absolute Gasteiger partial charge is 0.395 e. The van der Waals surface area contributed by atoms with Crippen LogP contribution in [0.2, 0.25) is 0 Å². The quantitative estimate of drug-likeness (QED) is 0.736. The zero-order chi connectivity index (χ0) is 12.0. The number of aromatic nitrogens is 1. The van der Waals surface area contributed by atoms with Gasteiger partial charge in [-0.1, -0.05) is 11.8 Å². The van der Waals surface area contributed by atoms with E-state index < -0.39 is 0 Å². The Balaban J connectivity index is 3.02. The standard InChI is InChI=1S/C12H14N2O2/c1-14(2)12(16)11-10(6-3-4-9-15)7-5-8-13-11/h5,7-8,15H,4,9H2,1-2H3. The van der Waals surface area contributed by atoms with Crippen LogP contribution in [0.25, 0.3) is 0 Å².